The number of carboxylic acid groups (broad SMARTS) is 1. The van der Waals surface area contributed by atoms with Crippen LogP contribution in [0.25, 0.3) is 0 Å². The zero-order chi connectivity index (χ0) is 49.0. The van der Waals surface area contributed by atoms with Crippen LogP contribution in [0.1, 0.15) is 265 Å². The molecule has 1 heterocycles. The molecule has 1 fully saturated rings. The Hall–Kier alpha value is -2.54. The Kier molecular flexibility index (Phi) is 41.6. The fourth-order valence-electron chi connectivity index (χ4n) is 8.54. The van der Waals surface area contributed by atoms with Gasteiger partial charge in [-0.25, -0.2) is 4.79 Å². The molecule has 1 rings (SSSR count). The van der Waals surface area contributed by atoms with E-state index in [1.54, 1.807) is 0 Å². The van der Waals surface area contributed by atoms with E-state index in [-0.39, 0.29) is 25.9 Å². The Morgan fingerprint density at radius 2 is 0.851 bits per heavy atom. The highest BCUT2D eigenvalue weighted by molar-refractivity contribution is 5.74. The molecular formula is C55H100O12. The third-order valence-electron chi connectivity index (χ3n) is 12.8. The van der Waals surface area contributed by atoms with Crippen molar-refractivity contribution in [2.75, 3.05) is 13.2 Å². The predicted molar refractivity (Wildman–Crippen MR) is 267 cm³/mol. The molecule has 0 aromatic carbocycles. The maximum atomic E-state index is 13.0. The monoisotopic (exact) mass is 953 g/mol. The van der Waals surface area contributed by atoms with Gasteiger partial charge in [0, 0.05) is 19.3 Å². The van der Waals surface area contributed by atoms with Gasteiger partial charge in [0.15, 0.2) is 24.6 Å². The number of hydrogen-bond donors (Lipinski definition) is 3. The second-order valence-electron chi connectivity index (χ2n) is 19.2. The van der Waals surface area contributed by atoms with Crippen LogP contribution >= 0.6 is 0 Å². The molecule has 0 aromatic heterocycles. The van der Waals surface area contributed by atoms with E-state index in [1.165, 1.54) is 128 Å². The molecule has 0 saturated carbocycles. The first kappa shape index (κ1) is 62.5. The molecule has 1 aliphatic rings. The molecule has 67 heavy (non-hydrogen) atoms. The highest BCUT2D eigenvalue weighted by Crippen LogP contribution is 2.26. The second kappa shape index (κ2) is 44.7. The first-order valence-corrected chi connectivity index (χ1v) is 27.7. The predicted octanol–water partition coefficient (Wildman–Crippen LogP) is 13.3. The highest BCUT2D eigenvalue weighted by atomic mass is 16.7. The van der Waals surface area contributed by atoms with Crippen molar-refractivity contribution in [2.24, 2.45) is 0 Å². The summed E-state index contributed by atoms with van der Waals surface area (Å²) in [7, 11) is 0. The van der Waals surface area contributed by atoms with E-state index in [4.69, 9.17) is 23.7 Å². The number of esters is 3. The fourth-order valence-corrected chi connectivity index (χ4v) is 8.54. The molecule has 6 unspecified atom stereocenters. The lowest BCUT2D eigenvalue weighted by Gasteiger charge is -2.40. The molecule has 3 N–H and O–H groups in total. The molecule has 6 atom stereocenters. The molecule has 0 bridgehead atoms. The number of aliphatic hydroxyl groups is 2. The maximum absolute atomic E-state index is 13.0. The van der Waals surface area contributed by atoms with Crippen LogP contribution in [-0.4, -0.2) is 89.2 Å². The Labute approximate surface area is 407 Å². The van der Waals surface area contributed by atoms with Crippen LogP contribution in [0.5, 0.6) is 0 Å². The Morgan fingerprint density at radius 3 is 1.27 bits per heavy atom. The standard InChI is InChI=1S/C55H100O12/c1-4-7-10-13-16-19-22-23-24-25-28-31-34-37-40-43-49(58)66-53-51(60)50(59)52(54(61)62)67-55(53)64-45-46(65-48(57)42-39-36-33-30-27-21-18-15-12-9-6-3)44-63-47(56)41-38-35-32-29-26-20-17-14-11-8-5-2/h23-24,46,50-53,55,59-60H,4-22,25-45H2,1-3H3,(H,61,62)/b24-23-. The van der Waals surface area contributed by atoms with Crippen LogP contribution in [0.2, 0.25) is 0 Å². The van der Waals surface area contributed by atoms with Crippen molar-refractivity contribution in [3.05, 3.63) is 12.2 Å². The van der Waals surface area contributed by atoms with Crippen molar-refractivity contribution in [2.45, 2.75) is 302 Å². The summed E-state index contributed by atoms with van der Waals surface area (Å²) in [6, 6.07) is 0. The first-order chi connectivity index (χ1) is 32.6. The number of hydrogen-bond acceptors (Lipinski definition) is 11. The third-order valence-corrected chi connectivity index (χ3v) is 12.8. The van der Waals surface area contributed by atoms with Gasteiger partial charge in [-0.2, -0.15) is 0 Å². The van der Waals surface area contributed by atoms with Crippen molar-refractivity contribution in [3.63, 3.8) is 0 Å². The summed E-state index contributed by atoms with van der Waals surface area (Å²) in [5, 5.41) is 31.4. The highest BCUT2D eigenvalue weighted by Gasteiger charge is 2.50. The average Bonchev–Trinajstić information content (AvgIpc) is 3.31. The fraction of sp³-hybridized carbons (Fsp3) is 0.891. The van der Waals surface area contributed by atoms with Crippen LogP contribution in [-0.2, 0) is 42.9 Å². The molecule has 0 aliphatic carbocycles. The Morgan fingerprint density at radius 1 is 0.478 bits per heavy atom. The second-order valence-corrected chi connectivity index (χ2v) is 19.2. The van der Waals surface area contributed by atoms with E-state index >= 15 is 0 Å². The summed E-state index contributed by atoms with van der Waals surface area (Å²) < 4.78 is 28.3. The zero-order valence-electron chi connectivity index (χ0n) is 42.9. The SMILES string of the molecule is CCCCCCCC/C=C\CCCCCCCC(=O)OC1C(OCC(COC(=O)CCCCCCCCCCCCC)OC(=O)CCCCCCCCCCCCC)OC(C(=O)O)C(O)C1O. The minimum atomic E-state index is -1.90. The van der Waals surface area contributed by atoms with Gasteiger partial charge in [-0.15, -0.1) is 0 Å². The summed E-state index contributed by atoms with van der Waals surface area (Å²) in [6.07, 6.45) is 34.8. The van der Waals surface area contributed by atoms with Crippen LogP contribution in [0, 0.1) is 0 Å². The van der Waals surface area contributed by atoms with Gasteiger partial charge < -0.3 is 39.0 Å². The number of aliphatic carboxylic acids is 1. The van der Waals surface area contributed by atoms with Gasteiger partial charge in [0.25, 0.3) is 0 Å². The minimum absolute atomic E-state index is 0.0565. The number of carbonyl (C=O) groups is 4. The van der Waals surface area contributed by atoms with Gasteiger partial charge in [-0.1, -0.05) is 213 Å². The molecule has 1 saturated heterocycles. The van der Waals surface area contributed by atoms with E-state index in [9.17, 15) is 34.5 Å². The van der Waals surface area contributed by atoms with Crippen molar-refractivity contribution >= 4 is 23.9 Å². The lowest BCUT2D eigenvalue weighted by atomic mass is 9.98. The molecule has 0 aromatic rings. The normalized spacial score (nSPS) is 18.9. The number of ether oxygens (including phenoxy) is 5. The summed E-state index contributed by atoms with van der Waals surface area (Å²) in [4.78, 5) is 50.8. The van der Waals surface area contributed by atoms with E-state index < -0.39 is 67.3 Å². The summed E-state index contributed by atoms with van der Waals surface area (Å²) >= 11 is 0. The molecule has 392 valence electrons. The van der Waals surface area contributed by atoms with Crippen LogP contribution in [0.4, 0.5) is 0 Å². The number of unbranched alkanes of at least 4 members (excludes halogenated alkanes) is 31. The number of rotatable bonds is 47. The van der Waals surface area contributed by atoms with Gasteiger partial charge in [0.05, 0.1) is 6.61 Å². The van der Waals surface area contributed by atoms with Crippen LogP contribution in [0.15, 0.2) is 12.2 Å². The quantitative estimate of drug-likeness (QED) is 0.0228. The molecule has 12 nitrogen and oxygen atoms in total. The zero-order valence-corrected chi connectivity index (χ0v) is 42.9. The maximum Gasteiger partial charge on any atom is 0.335 e. The van der Waals surface area contributed by atoms with E-state index in [0.717, 1.165) is 77.0 Å². The minimum Gasteiger partial charge on any atom is -0.479 e. The largest absolute Gasteiger partial charge is 0.479 e. The number of carbonyl (C=O) groups excluding carboxylic acids is 3. The molecule has 0 spiro atoms. The first-order valence-electron chi connectivity index (χ1n) is 27.7. The summed E-state index contributed by atoms with van der Waals surface area (Å²) in [5.41, 5.74) is 0. The van der Waals surface area contributed by atoms with Crippen molar-refractivity contribution in [1.29, 1.82) is 0 Å². The van der Waals surface area contributed by atoms with Crippen molar-refractivity contribution in [3.8, 4) is 0 Å². The molecular weight excluding hydrogens is 853 g/mol. The Balaban J connectivity index is 2.70. The van der Waals surface area contributed by atoms with Gasteiger partial charge in [-0.05, 0) is 44.9 Å². The third kappa shape index (κ3) is 35.3. The topological polar surface area (TPSA) is 175 Å². The van der Waals surface area contributed by atoms with Gasteiger partial charge >= 0.3 is 23.9 Å². The average molecular weight is 953 g/mol. The van der Waals surface area contributed by atoms with Crippen LogP contribution in [0.3, 0.4) is 0 Å². The number of carboxylic acids is 1. The smallest absolute Gasteiger partial charge is 0.335 e. The van der Waals surface area contributed by atoms with Crippen molar-refractivity contribution in [1.82, 2.24) is 0 Å². The molecule has 12 heteroatoms. The van der Waals surface area contributed by atoms with Gasteiger partial charge in [-0.3, -0.25) is 14.4 Å². The van der Waals surface area contributed by atoms with Gasteiger partial charge in [0.1, 0.15) is 18.8 Å². The summed E-state index contributed by atoms with van der Waals surface area (Å²) in [5.74, 6) is -3.10. The Bertz CT molecular complexity index is 1230. The molecule has 0 amide bonds. The lowest BCUT2D eigenvalue weighted by molar-refractivity contribution is -0.301. The summed E-state index contributed by atoms with van der Waals surface area (Å²) in [6.45, 7) is 5.97. The number of aliphatic hydroxyl groups excluding tert-OH is 2. The van der Waals surface area contributed by atoms with Gasteiger partial charge in [0.2, 0.25) is 0 Å². The molecule has 0 radical (unpaired) electrons. The van der Waals surface area contributed by atoms with E-state index in [0.29, 0.717) is 19.3 Å². The molecule has 1 aliphatic heterocycles. The van der Waals surface area contributed by atoms with E-state index in [1.807, 2.05) is 0 Å². The van der Waals surface area contributed by atoms with Crippen LogP contribution < -0.4 is 0 Å². The van der Waals surface area contributed by atoms with Crippen molar-refractivity contribution < 1.29 is 58.2 Å². The van der Waals surface area contributed by atoms with E-state index in [2.05, 4.69) is 32.9 Å². The lowest BCUT2D eigenvalue weighted by Crippen LogP contribution is -2.61. The number of allylic oxidation sites excluding steroid dienone is 2.